The van der Waals surface area contributed by atoms with Gasteiger partial charge in [-0.3, -0.25) is 4.90 Å². The number of aryl methyl sites for hydroxylation is 1. The summed E-state index contributed by atoms with van der Waals surface area (Å²) in [5, 5.41) is 0. The zero-order valence-corrected chi connectivity index (χ0v) is 14.5. The highest BCUT2D eigenvalue weighted by molar-refractivity contribution is 5.90. The van der Waals surface area contributed by atoms with Crippen LogP contribution in [0.15, 0.2) is 36.4 Å². The molecular formula is C19H22FN3O2. The normalized spacial score (nSPS) is 15.2. The van der Waals surface area contributed by atoms with E-state index in [-0.39, 0.29) is 11.8 Å². The van der Waals surface area contributed by atoms with E-state index in [9.17, 15) is 9.18 Å². The van der Waals surface area contributed by atoms with E-state index in [1.165, 1.54) is 13.2 Å². The van der Waals surface area contributed by atoms with Gasteiger partial charge in [0.25, 0.3) is 0 Å². The zero-order chi connectivity index (χ0) is 17.8. The lowest BCUT2D eigenvalue weighted by Crippen LogP contribution is -2.46. The number of methoxy groups -OCH3 is 1. The molecule has 0 radical (unpaired) electrons. The van der Waals surface area contributed by atoms with E-state index in [2.05, 4.69) is 14.8 Å². The average molecular weight is 343 g/mol. The number of nitrogens with zero attached hydrogens (tertiary/aromatic N) is 3. The average Bonchev–Trinajstić information content (AvgIpc) is 2.62. The second kappa shape index (κ2) is 7.61. The van der Waals surface area contributed by atoms with E-state index >= 15 is 0 Å². The predicted octanol–water partition coefficient (Wildman–Crippen LogP) is 2.64. The van der Waals surface area contributed by atoms with Crippen molar-refractivity contribution < 1.29 is 13.9 Å². The molecule has 5 nitrogen and oxygen atoms in total. The maximum atomic E-state index is 13.3. The van der Waals surface area contributed by atoms with Crippen LogP contribution in [0, 0.1) is 12.7 Å². The molecule has 132 valence electrons. The molecule has 1 aliphatic heterocycles. The molecular weight excluding hydrogens is 321 g/mol. The zero-order valence-electron chi connectivity index (χ0n) is 14.5. The van der Waals surface area contributed by atoms with E-state index in [1.807, 2.05) is 19.1 Å². The van der Waals surface area contributed by atoms with Gasteiger partial charge in [0, 0.05) is 32.7 Å². The topological polar surface area (TPSA) is 45.7 Å². The van der Waals surface area contributed by atoms with Gasteiger partial charge in [0.05, 0.1) is 18.4 Å². The number of benzene rings is 1. The van der Waals surface area contributed by atoms with Gasteiger partial charge in [-0.2, -0.15) is 0 Å². The van der Waals surface area contributed by atoms with Gasteiger partial charge < -0.3 is 9.64 Å². The van der Waals surface area contributed by atoms with Crippen LogP contribution in [0.2, 0.25) is 0 Å². The second-order valence-corrected chi connectivity index (χ2v) is 6.19. The monoisotopic (exact) mass is 343 g/mol. The highest BCUT2D eigenvalue weighted by atomic mass is 19.1. The molecule has 0 bridgehead atoms. The third-order valence-corrected chi connectivity index (χ3v) is 4.47. The minimum absolute atomic E-state index is 0.193. The Morgan fingerprint density at radius 3 is 2.60 bits per heavy atom. The third-order valence-electron chi connectivity index (χ3n) is 4.47. The standard InChI is InChI=1S/C19H22FN3O2/c1-14-17(19(24)25-2)6-7-18(21-14)23-10-8-22(9-11-23)13-15-4-3-5-16(20)12-15/h3-7,12H,8-11,13H2,1-2H3. The predicted molar refractivity (Wildman–Crippen MR) is 94.2 cm³/mol. The summed E-state index contributed by atoms with van der Waals surface area (Å²) in [4.78, 5) is 20.7. The molecule has 1 saturated heterocycles. The number of halogens is 1. The van der Waals surface area contributed by atoms with Crippen LogP contribution in [0.1, 0.15) is 21.6 Å². The number of aromatic nitrogens is 1. The van der Waals surface area contributed by atoms with Gasteiger partial charge in [-0.15, -0.1) is 0 Å². The minimum Gasteiger partial charge on any atom is -0.465 e. The first-order valence-corrected chi connectivity index (χ1v) is 8.34. The van der Waals surface area contributed by atoms with E-state index in [4.69, 9.17) is 4.74 Å². The van der Waals surface area contributed by atoms with Crippen molar-refractivity contribution in [1.82, 2.24) is 9.88 Å². The molecule has 25 heavy (non-hydrogen) atoms. The largest absolute Gasteiger partial charge is 0.465 e. The van der Waals surface area contributed by atoms with Crippen molar-refractivity contribution in [3.05, 3.63) is 59.0 Å². The van der Waals surface area contributed by atoms with Crippen LogP contribution >= 0.6 is 0 Å². The number of hydrogen-bond acceptors (Lipinski definition) is 5. The fourth-order valence-electron chi connectivity index (χ4n) is 3.08. The van der Waals surface area contributed by atoms with Crippen LogP contribution in [0.3, 0.4) is 0 Å². The third kappa shape index (κ3) is 4.14. The quantitative estimate of drug-likeness (QED) is 0.799. The summed E-state index contributed by atoms with van der Waals surface area (Å²) >= 11 is 0. The Balaban J connectivity index is 1.60. The van der Waals surface area contributed by atoms with Crippen molar-refractivity contribution in [2.75, 3.05) is 38.2 Å². The maximum absolute atomic E-state index is 13.3. The Morgan fingerprint density at radius 2 is 1.96 bits per heavy atom. The highest BCUT2D eigenvalue weighted by Gasteiger charge is 2.19. The van der Waals surface area contributed by atoms with E-state index < -0.39 is 0 Å². The smallest absolute Gasteiger partial charge is 0.339 e. The van der Waals surface area contributed by atoms with Crippen molar-refractivity contribution >= 4 is 11.8 Å². The van der Waals surface area contributed by atoms with Crippen molar-refractivity contribution in [2.24, 2.45) is 0 Å². The number of anilines is 1. The van der Waals surface area contributed by atoms with Gasteiger partial charge in [-0.1, -0.05) is 12.1 Å². The number of carbonyl (C=O) groups is 1. The van der Waals surface area contributed by atoms with Crippen LogP contribution in [0.4, 0.5) is 10.2 Å². The molecule has 0 N–H and O–H groups in total. The summed E-state index contributed by atoms with van der Waals surface area (Å²) in [6.07, 6.45) is 0. The van der Waals surface area contributed by atoms with Crippen molar-refractivity contribution in [1.29, 1.82) is 0 Å². The number of carbonyl (C=O) groups excluding carboxylic acids is 1. The first kappa shape index (κ1) is 17.4. The molecule has 0 spiro atoms. The summed E-state index contributed by atoms with van der Waals surface area (Å²) in [5.74, 6) is 0.313. The van der Waals surface area contributed by atoms with E-state index in [0.717, 1.165) is 44.1 Å². The van der Waals surface area contributed by atoms with Crippen LogP contribution in [-0.4, -0.2) is 49.1 Å². The summed E-state index contributed by atoms with van der Waals surface area (Å²) in [6, 6.07) is 10.4. The van der Waals surface area contributed by atoms with Crippen LogP contribution in [0.5, 0.6) is 0 Å². The Morgan fingerprint density at radius 1 is 1.20 bits per heavy atom. The molecule has 0 amide bonds. The van der Waals surface area contributed by atoms with Crippen LogP contribution in [-0.2, 0) is 11.3 Å². The molecule has 0 atom stereocenters. The molecule has 0 unspecified atom stereocenters. The second-order valence-electron chi connectivity index (χ2n) is 6.19. The SMILES string of the molecule is COC(=O)c1ccc(N2CCN(Cc3cccc(F)c3)CC2)nc1C. The number of piperazine rings is 1. The van der Waals surface area contributed by atoms with Crippen LogP contribution < -0.4 is 4.90 Å². The minimum atomic E-state index is -0.364. The molecule has 1 aromatic carbocycles. The van der Waals surface area contributed by atoms with Gasteiger partial charge in [-0.25, -0.2) is 14.2 Å². The van der Waals surface area contributed by atoms with Gasteiger partial charge >= 0.3 is 5.97 Å². The molecule has 1 aromatic heterocycles. The Bertz CT molecular complexity index is 758. The molecule has 2 heterocycles. The molecule has 6 heteroatoms. The number of ether oxygens (including phenoxy) is 1. The van der Waals surface area contributed by atoms with E-state index in [0.29, 0.717) is 11.3 Å². The molecule has 0 aliphatic carbocycles. The first-order chi connectivity index (χ1) is 12.1. The van der Waals surface area contributed by atoms with E-state index in [1.54, 1.807) is 18.2 Å². The Hall–Kier alpha value is -2.47. The number of pyridine rings is 1. The van der Waals surface area contributed by atoms with Crippen molar-refractivity contribution in [3.63, 3.8) is 0 Å². The lowest BCUT2D eigenvalue weighted by atomic mass is 10.2. The first-order valence-electron chi connectivity index (χ1n) is 8.34. The lowest BCUT2D eigenvalue weighted by molar-refractivity contribution is 0.0599. The summed E-state index contributed by atoms with van der Waals surface area (Å²) in [6.45, 7) is 6.03. The van der Waals surface area contributed by atoms with Crippen molar-refractivity contribution in [3.8, 4) is 0 Å². The Labute approximate surface area is 147 Å². The lowest BCUT2D eigenvalue weighted by Gasteiger charge is -2.35. The molecule has 0 saturated carbocycles. The highest BCUT2D eigenvalue weighted by Crippen LogP contribution is 2.18. The Kier molecular flexibility index (Phi) is 5.28. The fraction of sp³-hybridized carbons (Fsp3) is 0.368. The summed E-state index contributed by atoms with van der Waals surface area (Å²) < 4.78 is 18.0. The maximum Gasteiger partial charge on any atom is 0.339 e. The van der Waals surface area contributed by atoms with Crippen molar-refractivity contribution in [2.45, 2.75) is 13.5 Å². The fourth-order valence-corrected chi connectivity index (χ4v) is 3.08. The number of hydrogen-bond donors (Lipinski definition) is 0. The summed E-state index contributed by atoms with van der Waals surface area (Å²) in [5.41, 5.74) is 2.16. The molecule has 1 aliphatic rings. The molecule has 1 fully saturated rings. The summed E-state index contributed by atoms with van der Waals surface area (Å²) in [7, 11) is 1.37. The van der Waals surface area contributed by atoms with Gasteiger partial charge in [0.1, 0.15) is 11.6 Å². The van der Waals surface area contributed by atoms with Gasteiger partial charge in [0.15, 0.2) is 0 Å². The molecule has 2 aromatic rings. The van der Waals surface area contributed by atoms with Gasteiger partial charge in [-0.05, 0) is 36.8 Å². The van der Waals surface area contributed by atoms with Crippen LogP contribution in [0.25, 0.3) is 0 Å². The number of rotatable bonds is 4. The molecule has 3 rings (SSSR count). The van der Waals surface area contributed by atoms with Gasteiger partial charge in [0.2, 0.25) is 0 Å². The number of esters is 1.